The van der Waals surface area contributed by atoms with Crippen molar-refractivity contribution in [1.82, 2.24) is 4.90 Å². The van der Waals surface area contributed by atoms with E-state index in [2.05, 4.69) is 43.9 Å². The first-order valence-corrected chi connectivity index (χ1v) is 6.93. The maximum absolute atomic E-state index is 11.3. The monoisotopic (exact) mass is 305 g/mol. The van der Waals surface area contributed by atoms with Crippen LogP contribution < -0.4 is 0 Å². The molecule has 1 rings (SSSR count). The molecule has 0 N–H and O–H groups in total. The fourth-order valence-electron chi connectivity index (χ4n) is 1.36. The van der Waals surface area contributed by atoms with Crippen LogP contribution in [-0.2, 0) is 16.1 Å². The van der Waals surface area contributed by atoms with E-state index in [-0.39, 0.29) is 10.8 Å². The van der Waals surface area contributed by atoms with Crippen LogP contribution >= 0.6 is 27.3 Å². The summed E-state index contributed by atoms with van der Waals surface area (Å²) in [5, 5.41) is 2.06. The van der Waals surface area contributed by atoms with Gasteiger partial charge in [0.05, 0.1) is 7.11 Å². The molecule has 1 heterocycles. The topological polar surface area (TPSA) is 29.5 Å². The summed E-state index contributed by atoms with van der Waals surface area (Å²) in [4.78, 5) is 14.5. The zero-order valence-corrected chi connectivity index (χ0v) is 11.9. The molecule has 0 aromatic carbocycles. The van der Waals surface area contributed by atoms with E-state index in [1.807, 2.05) is 6.07 Å². The highest BCUT2D eigenvalue weighted by molar-refractivity contribution is 9.10. The van der Waals surface area contributed by atoms with Gasteiger partial charge in [0.25, 0.3) is 0 Å². The Kier molecular flexibility index (Phi) is 6.01. The summed E-state index contributed by atoms with van der Waals surface area (Å²) >= 11 is 5.07. The van der Waals surface area contributed by atoms with E-state index in [0.717, 1.165) is 13.1 Å². The Morgan fingerprint density at radius 2 is 2.44 bits per heavy atom. The highest BCUT2D eigenvalue weighted by atomic mass is 79.9. The summed E-state index contributed by atoms with van der Waals surface area (Å²) in [7, 11) is 1.41. The molecule has 1 atom stereocenters. The second-order valence-corrected chi connectivity index (χ2v) is 5.54. The Morgan fingerprint density at radius 3 is 2.94 bits per heavy atom. The molecule has 0 saturated carbocycles. The average molecular weight is 306 g/mol. The Morgan fingerprint density at radius 1 is 1.69 bits per heavy atom. The zero-order chi connectivity index (χ0) is 12.0. The molecule has 16 heavy (non-hydrogen) atoms. The number of nitrogens with zero attached hydrogens (tertiary/aromatic N) is 1. The molecule has 5 heteroatoms. The van der Waals surface area contributed by atoms with Crippen LogP contribution in [0.15, 0.2) is 17.5 Å². The van der Waals surface area contributed by atoms with Gasteiger partial charge in [-0.3, -0.25) is 9.69 Å². The molecule has 3 nitrogen and oxygen atoms in total. The maximum Gasteiger partial charge on any atom is 0.320 e. The number of carbonyl (C=O) groups is 1. The summed E-state index contributed by atoms with van der Waals surface area (Å²) in [6, 6.07) is 4.15. The van der Waals surface area contributed by atoms with Gasteiger partial charge in [-0.2, -0.15) is 0 Å². The highest BCUT2D eigenvalue weighted by Crippen LogP contribution is 2.13. The number of carbonyl (C=O) groups excluding carboxylic acids is 1. The van der Waals surface area contributed by atoms with E-state index >= 15 is 0 Å². The van der Waals surface area contributed by atoms with Crippen molar-refractivity contribution in [2.45, 2.75) is 18.3 Å². The molecule has 0 aliphatic heterocycles. The lowest BCUT2D eigenvalue weighted by molar-refractivity contribution is -0.140. The summed E-state index contributed by atoms with van der Waals surface area (Å²) < 4.78 is 4.68. The van der Waals surface area contributed by atoms with Crippen molar-refractivity contribution in [2.24, 2.45) is 0 Å². The van der Waals surface area contributed by atoms with Gasteiger partial charge in [0.15, 0.2) is 0 Å². The van der Waals surface area contributed by atoms with E-state index in [4.69, 9.17) is 0 Å². The van der Waals surface area contributed by atoms with Crippen LogP contribution in [0, 0.1) is 0 Å². The zero-order valence-electron chi connectivity index (χ0n) is 9.48. The number of alkyl halides is 1. The van der Waals surface area contributed by atoms with Crippen molar-refractivity contribution in [1.29, 1.82) is 0 Å². The van der Waals surface area contributed by atoms with E-state index < -0.39 is 0 Å². The van der Waals surface area contributed by atoms with Crippen molar-refractivity contribution in [3.05, 3.63) is 22.4 Å². The second-order valence-electron chi connectivity index (χ2n) is 3.40. The average Bonchev–Trinajstić information content (AvgIpc) is 2.79. The van der Waals surface area contributed by atoms with E-state index in [0.29, 0.717) is 6.54 Å². The van der Waals surface area contributed by atoms with Gasteiger partial charge in [-0.25, -0.2) is 0 Å². The van der Waals surface area contributed by atoms with Crippen LogP contribution in [0.25, 0.3) is 0 Å². The van der Waals surface area contributed by atoms with Crippen molar-refractivity contribution in [3.63, 3.8) is 0 Å². The fourth-order valence-corrected chi connectivity index (χ4v) is 2.70. The highest BCUT2D eigenvalue weighted by Gasteiger charge is 2.18. The predicted octanol–water partition coefficient (Wildman–Crippen LogP) is 2.51. The molecule has 90 valence electrons. The molecule has 0 spiro atoms. The Bertz CT molecular complexity index is 316. The van der Waals surface area contributed by atoms with Crippen LogP contribution in [0.5, 0.6) is 0 Å². The van der Waals surface area contributed by atoms with Gasteiger partial charge in [0.1, 0.15) is 4.83 Å². The minimum atomic E-state index is -0.252. The first-order valence-electron chi connectivity index (χ1n) is 5.14. The number of rotatable bonds is 6. The first-order chi connectivity index (χ1) is 7.67. The van der Waals surface area contributed by atoms with Crippen LogP contribution in [0.2, 0.25) is 0 Å². The largest absolute Gasteiger partial charge is 0.468 e. The van der Waals surface area contributed by atoms with Gasteiger partial charge in [0.2, 0.25) is 0 Å². The van der Waals surface area contributed by atoms with Gasteiger partial charge in [-0.15, -0.1) is 11.3 Å². The lowest BCUT2D eigenvalue weighted by atomic mass is 10.3. The number of hydrogen-bond donors (Lipinski definition) is 0. The van der Waals surface area contributed by atoms with Crippen molar-refractivity contribution >= 4 is 33.2 Å². The number of hydrogen-bond acceptors (Lipinski definition) is 4. The number of esters is 1. The van der Waals surface area contributed by atoms with Gasteiger partial charge in [-0.05, 0) is 18.0 Å². The maximum atomic E-state index is 11.3. The van der Waals surface area contributed by atoms with Crippen molar-refractivity contribution in [3.8, 4) is 0 Å². The van der Waals surface area contributed by atoms with Gasteiger partial charge in [-0.1, -0.05) is 28.9 Å². The summed E-state index contributed by atoms with van der Waals surface area (Å²) in [6.07, 6.45) is 0. The smallest absolute Gasteiger partial charge is 0.320 e. The van der Waals surface area contributed by atoms with Gasteiger partial charge < -0.3 is 4.74 Å². The van der Waals surface area contributed by atoms with Crippen molar-refractivity contribution < 1.29 is 9.53 Å². The molecular weight excluding hydrogens is 290 g/mol. The molecule has 0 radical (unpaired) electrons. The van der Waals surface area contributed by atoms with Crippen LogP contribution in [0.3, 0.4) is 0 Å². The molecule has 0 bridgehead atoms. The predicted molar refractivity (Wildman–Crippen MR) is 70.0 cm³/mol. The minimum absolute atomic E-state index is 0.218. The second kappa shape index (κ2) is 7.04. The molecule has 1 unspecified atom stereocenters. The van der Waals surface area contributed by atoms with E-state index in [9.17, 15) is 4.79 Å². The summed E-state index contributed by atoms with van der Waals surface area (Å²) in [5.41, 5.74) is 0. The van der Waals surface area contributed by atoms with Crippen LogP contribution in [0.1, 0.15) is 11.8 Å². The number of thiophene rings is 1. The number of halogens is 1. The first kappa shape index (κ1) is 13.7. The molecule has 0 aliphatic carbocycles. The lowest BCUT2D eigenvalue weighted by Gasteiger charge is -2.21. The fraction of sp³-hybridized carbons (Fsp3) is 0.545. The third kappa shape index (κ3) is 4.23. The van der Waals surface area contributed by atoms with Crippen molar-refractivity contribution in [2.75, 3.05) is 20.2 Å². The number of methoxy groups -OCH3 is 1. The Labute approximate surface area is 109 Å². The molecule has 0 aliphatic rings. The lowest BCUT2D eigenvalue weighted by Crippen LogP contribution is -2.33. The van der Waals surface area contributed by atoms with Gasteiger partial charge in [0, 0.05) is 18.0 Å². The van der Waals surface area contributed by atoms with Crippen LogP contribution in [-0.4, -0.2) is 35.9 Å². The Balaban J connectivity index is 2.46. The SMILES string of the molecule is CCN(Cc1cccs1)CC(Br)C(=O)OC. The molecule has 0 fully saturated rings. The standard InChI is InChI=1S/C11H16BrNO2S/c1-3-13(7-9-5-4-6-16-9)8-10(12)11(14)15-2/h4-6,10H,3,7-8H2,1-2H3. The molecule has 1 aromatic heterocycles. The van der Waals surface area contributed by atoms with Crippen LogP contribution in [0.4, 0.5) is 0 Å². The summed E-state index contributed by atoms with van der Waals surface area (Å²) in [5.74, 6) is -0.218. The van der Waals surface area contributed by atoms with E-state index in [1.165, 1.54) is 12.0 Å². The van der Waals surface area contributed by atoms with Gasteiger partial charge >= 0.3 is 5.97 Å². The third-order valence-electron chi connectivity index (χ3n) is 2.28. The molecule has 0 amide bonds. The molecular formula is C11H16BrNO2S. The Hall–Kier alpha value is -0.390. The quantitative estimate of drug-likeness (QED) is 0.597. The molecule has 0 saturated heterocycles. The minimum Gasteiger partial charge on any atom is -0.468 e. The normalized spacial score (nSPS) is 12.8. The number of ether oxygens (including phenoxy) is 1. The van der Waals surface area contributed by atoms with E-state index in [1.54, 1.807) is 11.3 Å². The third-order valence-corrected chi connectivity index (χ3v) is 3.81. The molecule has 1 aromatic rings. The summed E-state index contributed by atoms with van der Waals surface area (Å²) in [6.45, 7) is 4.55.